The molecule has 3 rings (SSSR count). The minimum absolute atomic E-state index is 0.0343. The maximum Gasteiger partial charge on any atom is 0.164 e. The lowest BCUT2D eigenvalue weighted by atomic mass is 9.94. The van der Waals surface area contributed by atoms with Crippen molar-refractivity contribution in [2.75, 3.05) is 6.61 Å². The number of Topliss-reactive ketones (excluding diaryl/α,β-unsaturated/α-hetero) is 1. The summed E-state index contributed by atoms with van der Waals surface area (Å²) in [6.45, 7) is 1.94. The highest BCUT2D eigenvalue weighted by molar-refractivity contribution is 6.10. The van der Waals surface area contributed by atoms with E-state index in [0.717, 1.165) is 5.39 Å². The maximum absolute atomic E-state index is 11.7. The fourth-order valence-electron chi connectivity index (χ4n) is 2.38. The fraction of sp³-hybridized carbons (Fsp3) is 0.133. The number of carbonyl (C=O) groups is 1. The summed E-state index contributed by atoms with van der Waals surface area (Å²) in [5, 5.41) is 11.7. The first kappa shape index (κ1) is 10.8. The zero-order chi connectivity index (χ0) is 12.7. The number of phenols is 1. The van der Waals surface area contributed by atoms with Crippen molar-refractivity contribution in [1.29, 1.82) is 0 Å². The van der Waals surface area contributed by atoms with E-state index in [-0.39, 0.29) is 11.5 Å². The minimum Gasteiger partial charge on any atom is -0.507 e. The molecule has 1 N–H and O–H groups in total. The maximum atomic E-state index is 11.7. The molecule has 0 fully saturated rings. The third kappa shape index (κ3) is 1.40. The van der Waals surface area contributed by atoms with Gasteiger partial charge in [0.1, 0.15) is 18.1 Å². The van der Waals surface area contributed by atoms with Crippen LogP contribution >= 0.6 is 0 Å². The lowest BCUT2D eigenvalue weighted by Gasteiger charge is -2.19. The van der Waals surface area contributed by atoms with Crippen LogP contribution in [-0.4, -0.2) is 17.5 Å². The summed E-state index contributed by atoms with van der Waals surface area (Å²) in [4.78, 5) is 11.7. The van der Waals surface area contributed by atoms with Crippen LogP contribution in [0, 0.1) is 0 Å². The normalized spacial score (nSPS) is 13.2. The van der Waals surface area contributed by atoms with E-state index in [1.165, 1.54) is 6.92 Å². The van der Waals surface area contributed by atoms with Crippen molar-refractivity contribution >= 4 is 22.6 Å². The van der Waals surface area contributed by atoms with E-state index in [1.807, 2.05) is 30.4 Å². The minimum atomic E-state index is -0.162. The van der Waals surface area contributed by atoms with Crippen molar-refractivity contribution in [2.24, 2.45) is 0 Å². The Morgan fingerprint density at radius 2 is 2.00 bits per heavy atom. The number of benzene rings is 2. The van der Waals surface area contributed by atoms with Crippen molar-refractivity contribution in [2.45, 2.75) is 6.92 Å². The first-order valence-corrected chi connectivity index (χ1v) is 5.78. The second kappa shape index (κ2) is 3.88. The summed E-state index contributed by atoms with van der Waals surface area (Å²) in [6.07, 6.45) is 3.67. The van der Waals surface area contributed by atoms with Gasteiger partial charge in [-0.2, -0.15) is 0 Å². The van der Waals surface area contributed by atoms with Crippen LogP contribution < -0.4 is 4.74 Å². The predicted octanol–water partition coefficient (Wildman–Crippen LogP) is 3.15. The molecule has 1 aliphatic rings. The quantitative estimate of drug-likeness (QED) is 0.779. The van der Waals surface area contributed by atoms with E-state index in [9.17, 15) is 9.90 Å². The van der Waals surface area contributed by atoms with Crippen LogP contribution in [0.1, 0.15) is 22.8 Å². The van der Waals surface area contributed by atoms with Crippen LogP contribution in [0.15, 0.2) is 30.3 Å². The Labute approximate surface area is 104 Å². The van der Waals surface area contributed by atoms with Crippen LogP contribution in [0.3, 0.4) is 0 Å². The van der Waals surface area contributed by atoms with Gasteiger partial charge < -0.3 is 9.84 Å². The van der Waals surface area contributed by atoms with Crippen LogP contribution in [0.5, 0.6) is 11.5 Å². The molecule has 0 aliphatic carbocycles. The Morgan fingerprint density at radius 1 is 1.28 bits per heavy atom. The molecular formula is C15H12O3. The summed E-state index contributed by atoms with van der Waals surface area (Å²) >= 11 is 0. The summed E-state index contributed by atoms with van der Waals surface area (Å²) in [6, 6.07) is 7.39. The average Bonchev–Trinajstić information content (AvgIpc) is 2.39. The molecule has 0 radical (unpaired) electrons. The molecule has 0 unspecified atom stereocenters. The molecule has 90 valence electrons. The topological polar surface area (TPSA) is 46.5 Å². The van der Waals surface area contributed by atoms with E-state index in [1.54, 1.807) is 6.07 Å². The molecule has 3 nitrogen and oxygen atoms in total. The predicted molar refractivity (Wildman–Crippen MR) is 70.1 cm³/mol. The van der Waals surface area contributed by atoms with Gasteiger partial charge >= 0.3 is 0 Å². The Balaban J connectivity index is 2.52. The third-order valence-electron chi connectivity index (χ3n) is 3.14. The first-order valence-electron chi connectivity index (χ1n) is 5.78. The molecule has 0 aromatic heterocycles. The van der Waals surface area contributed by atoms with Gasteiger partial charge in [-0.25, -0.2) is 0 Å². The van der Waals surface area contributed by atoms with Crippen molar-refractivity contribution in [3.8, 4) is 11.5 Å². The third-order valence-corrected chi connectivity index (χ3v) is 3.14. The highest BCUT2D eigenvalue weighted by Gasteiger charge is 2.22. The lowest BCUT2D eigenvalue weighted by molar-refractivity contribution is 0.101. The number of aromatic hydroxyl groups is 1. The van der Waals surface area contributed by atoms with Crippen LogP contribution in [-0.2, 0) is 0 Å². The van der Waals surface area contributed by atoms with Crippen LogP contribution in [0.4, 0.5) is 0 Å². The zero-order valence-corrected chi connectivity index (χ0v) is 9.93. The molecule has 2 aromatic rings. The number of rotatable bonds is 1. The molecule has 1 aliphatic heterocycles. The van der Waals surface area contributed by atoms with Gasteiger partial charge in [-0.15, -0.1) is 0 Å². The average molecular weight is 240 g/mol. The highest BCUT2D eigenvalue weighted by Crippen LogP contribution is 2.42. The summed E-state index contributed by atoms with van der Waals surface area (Å²) in [7, 11) is 0. The second-order valence-electron chi connectivity index (χ2n) is 4.28. The summed E-state index contributed by atoms with van der Waals surface area (Å²) in [5.74, 6) is 0.549. The van der Waals surface area contributed by atoms with E-state index in [4.69, 9.17) is 4.74 Å². The van der Waals surface area contributed by atoms with Crippen LogP contribution in [0.25, 0.3) is 16.8 Å². The van der Waals surface area contributed by atoms with Gasteiger partial charge in [0, 0.05) is 16.3 Å². The van der Waals surface area contributed by atoms with Gasteiger partial charge in [0.15, 0.2) is 5.78 Å². The molecule has 0 atom stereocenters. The van der Waals surface area contributed by atoms with E-state index >= 15 is 0 Å². The van der Waals surface area contributed by atoms with E-state index in [2.05, 4.69) is 0 Å². The molecular weight excluding hydrogens is 228 g/mol. The number of hydrogen-bond donors (Lipinski definition) is 1. The number of hydrogen-bond acceptors (Lipinski definition) is 3. The second-order valence-corrected chi connectivity index (χ2v) is 4.28. The van der Waals surface area contributed by atoms with Gasteiger partial charge in [-0.1, -0.05) is 30.3 Å². The number of fused-ring (bicyclic) bond motifs is 3. The van der Waals surface area contributed by atoms with Gasteiger partial charge in [-0.3, -0.25) is 4.79 Å². The fourth-order valence-corrected chi connectivity index (χ4v) is 2.38. The molecule has 1 heterocycles. The summed E-state index contributed by atoms with van der Waals surface area (Å²) < 4.78 is 5.63. The lowest BCUT2D eigenvalue weighted by Crippen LogP contribution is -2.06. The Kier molecular flexibility index (Phi) is 2.33. The van der Waals surface area contributed by atoms with Crippen molar-refractivity contribution < 1.29 is 14.6 Å². The Morgan fingerprint density at radius 3 is 2.72 bits per heavy atom. The Bertz CT molecular complexity index is 684. The molecule has 3 heteroatoms. The van der Waals surface area contributed by atoms with E-state index < -0.39 is 0 Å². The Hall–Kier alpha value is -2.29. The number of ether oxygens (including phenoxy) is 1. The van der Waals surface area contributed by atoms with Crippen molar-refractivity contribution in [3.05, 3.63) is 41.5 Å². The highest BCUT2D eigenvalue weighted by atomic mass is 16.5. The molecule has 0 spiro atoms. The first-order chi connectivity index (χ1) is 8.70. The van der Waals surface area contributed by atoms with Gasteiger partial charge in [0.25, 0.3) is 0 Å². The number of ketones is 1. The van der Waals surface area contributed by atoms with Gasteiger partial charge in [0.2, 0.25) is 0 Å². The number of phenolic OH excluding ortho intramolecular Hbond substituents is 1. The smallest absolute Gasteiger partial charge is 0.164 e. The number of carbonyl (C=O) groups excluding carboxylic acids is 1. The zero-order valence-electron chi connectivity index (χ0n) is 9.93. The van der Waals surface area contributed by atoms with E-state index in [0.29, 0.717) is 28.9 Å². The van der Waals surface area contributed by atoms with Gasteiger partial charge in [-0.05, 0) is 13.0 Å². The molecule has 0 amide bonds. The molecule has 0 saturated carbocycles. The SMILES string of the molecule is CC(=O)c1c2c(c3ccccc3c1O)OCC=C2. The largest absolute Gasteiger partial charge is 0.507 e. The van der Waals surface area contributed by atoms with Gasteiger partial charge in [0.05, 0.1) is 5.56 Å². The molecule has 18 heavy (non-hydrogen) atoms. The van der Waals surface area contributed by atoms with Crippen molar-refractivity contribution in [3.63, 3.8) is 0 Å². The molecule has 2 aromatic carbocycles. The monoisotopic (exact) mass is 240 g/mol. The molecule has 0 bridgehead atoms. The molecule has 0 saturated heterocycles. The van der Waals surface area contributed by atoms with Crippen LogP contribution in [0.2, 0.25) is 0 Å². The van der Waals surface area contributed by atoms with Crippen molar-refractivity contribution in [1.82, 2.24) is 0 Å². The summed E-state index contributed by atoms with van der Waals surface area (Å²) in [5.41, 5.74) is 1.00. The standard InChI is InChI=1S/C15H12O3/c1-9(16)13-12-7-4-8-18-15(12)11-6-3-2-5-10(11)14(13)17/h2-7,17H,8H2,1H3.